The molecule has 0 bridgehead atoms. The molecule has 150 valence electrons. The number of aromatic nitrogens is 2. The van der Waals surface area contributed by atoms with Gasteiger partial charge in [0.2, 0.25) is 0 Å². The Morgan fingerprint density at radius 1 is 1.17 bits per heavy atom. The quantitative estimate of drug-likeness (QED) is 0.421. The third kappa shape index (κ3) is 6.33. The number of alkyl halides is 2. The lowest BCUT2D eigenvalue weighted by Gasteiger charge is -2.10. The predicted molar refractivity (Wildman–Crippen MR) is 107 cm³/mol. The first-order valence-corrected chi connectivity index (χ1v) is 10.1. The van der Waals surface area contributed by atoms with Crippen molar-refractivity contribution in [2.24, 2.45) is 0 Å². The summed E-state index contributed by atoms with van der Waals surface area (Å²) < 4.78 is 30.1. The second kappa shape index (κ2) is 10.1. The summed E-state index contributed by atoms with van der Waals surface area (Å²) in [5.74, 6) is -3.85. The molecule has 0 unspecified atom stereocenters. The molecule has 29 heavy (non-hydrogen) atoms. The topological polar surface area (TPSA) is 81.2 Å². The standard InChI is InChI=1S/C19H15F2N3O3S2/c20-19(21)29-15-7-2-1-5-13(15)24-16(25)10-27-17(26)9-12-11-28-18(23-12)14-6-3-4-8-22-14/h1-8,11,19H,9-10H2,(H,24,25). The number of amides is 1. The smallest absolute Gasteiger partial charge is 0.312 e. The molecular formula is C19H15F2N3O3S2. The van der Waals surface area contributed by atoms with Crippen molar-refractivity contribution in [1.29, 1.82) is 0 Å². The molecule has 0 saturated carbocycles. The third-order valence-electron chi connectivity index (χ3n) is 3.50. The Bertz CT molecular complexity index is 984. The average molecular weight is 435 g/mol. The van der Waals surface area contributed by atoms with Crippen molar-refractivity contribution in [2.45, 2.75) is 17.1 Å². The first-order chi connectivity index (χ1) is 14.0. The van der Waals surface area contributed by atoms with E-state index in [1.807, 2.05) is 12.1 Å². The van der Waals surface area contributed by atoms with Crippen LogP contribution < -0.4 is 5.32 Å². The molecule has 0 atom stereocenters. The number of pyridine rings is 1. The summed E-state index contributed by atoms with van der Waals surface area (Å²) in [7, 11) is 0. The number of anilines is 1. The number of carbonyl (C=O) groups is 2. The predicted octanol–water partition coefficient (Wildman–Crippen LogP) is 4.24. The summed E-state index contributed by atoms with van der Waals surface area (Å²) in [5.41, 5.74) is 1.45. The number of nitrogens with zero attached hydrogens (tertiary/aromatic N) is 2. The number of halogens is 2. The van der Waals surface area contributed by atoms with Crippen molar-refractivity contribution >= 4 is 40.7 Å². The van der Waals surface area contributed by atoms with Crippen LogP contribution in [0, 0.1) is 0 Å². The number of esters is 1. The summed E-state index contributed by atoms with van der Waals surface area (Å²) >= 11 is 1.68. The molecule has 0 aliphatic heterocycles. The number of ether oxygens (including phenoxy) is 1. The van der Waals surface area contributed by atoms with Crippen molar-refractivity contribution < 1.29 is 23.1 Å². The van der Waals surface area contributed by atoms with Crippen LogP contribution in [0.25, 0.3) is 10.7 Å². The van der Waals surface area contributed by atoms with Gasteiger partial charge in [0.15, 0.2) is 6.61 Å². The van der Waals surface area contributed by atoms with Crippen LogP contribution in [-0.2, 0) is 20.7 Å². The second-order valence-electron chi connectivity index (χ2n) is 5.62. The average Bonchev–Trinajstić information content (AvgIpc) is 3.17. The van der Waals surface area contributed by atoms with Gasteiger partial charge in [-0.1, -0.05) is 30.0 Å². The molecule has 2 aromatic heterocycles. The van der Waals surface area contributed by atoms with Crippen molar-refractivity contribution in [1.82, 2.24) is 9.97 Å². The van der Waals surface area contributed by atoms with Crippen LogP contribution in [0.3, 0.4) is 0 Å². The van der Waals surface area contributed by atoms with Gasteiger partial charge in [-0.15, -0.1) is 11.3 Å². The van der Waals surface area contributed by atoms with Crippen LogP contribution in [0.4, 0.5) is 14.5 Å². The Balaban J connectivity index is 1.50. The molecule has 10 heteroatoms. The van der Waals surface area contributed by atoms with Gasteiger partial charge in [-0.05, 0) is 24.3 Å². The van der Waals surface area contributed by atoms with Crippen LogP contribution in [-0.4, -0.2) is 34.2 Å². The first kappa shape index (κ1) is 20.9. The maximum absolute atomic E-state index is 12.6. The monoisotopic (exact) mass is 435 g/mol. The van der Waals surface area contributed by atoms with Gasteiger partial charge >= 0.3 is 5.97 Å². The van der Waals surface area contributed by atoms with E-state index < -0.39 is 24.2 Å². The van der Waals surface area contributed by atoms with E-state index in [4.69, 9.17) is 4.74 Å². The van der Waals surface area contributed by atoms with Crippen molar-refractivity contribution in [3.8, 4) is 10.7 Å². The Morgan fingerprint density at radius 3 is 2.72 bits per heavy atom. The molecule has 0 aliphatic carbocycles. The van der Waals surface area contributed by atoms with E-state index >= 15 is 0 Å². The lowest BCUT2D eigenvalue weighted by atomic mass is 10.3. The molecule has 0 aliphatic rings. The van der Waals surface area contributed by atoms with E-state index in [0.29, 0.717) is 28.2 Å². The van der Waals surface area contributed by atoms with Gasteiger partial charge in [0.05, 0.1) is 23.5 Å². The summed E-state index contributed by atoms with van der Waals surface area (Å²) in [5, 5.41) is 4.87. The Morgan fingerprint density at radius 2 is 1.97 bits per heavy atom. The van der Waals surface area contributed by atoms with Crippen LogP contribution in [0.1, 0.15) is 5.69 Å². The van der Waals surface area contributed by atoms with Gasteiger partial charge in [0, 0.05) is 16.5 Å². The number of rotatable bonds is 8. The molecule has 6 nitrogen and oxygen atoms in total. The number of thioether (sulfide) groups is 1. The fourth-order valence-corrected chi connectivity index (χ4v) is 3.69. The molecule has 2 heterocycles. The number of nitrogens with one attached hydrogen (secondary N) is 1. The van der Waals surface area contributed by atoms with Crippen LogP contribution in [0.2, 0.25) is 0 Å². The van der Waals surface area contributed by atoms with Gasteiger partial charge < -0.3 is 10.1 Å². The van der Waals surface area contributed by atoms with Gasteiger partial charge in [0.25, 0.3) is 11.7 Å². The third-order valence-corrected chi connectivity index (χ3v) is 5.20. The van der Waals surface area contributed by atoms with Gasteiger partial charge in [-0.25, -0.2) is 4.98 Å². The SMILES string of the molecule is O=C(COC(=O)Cc1csc(-c2ccccn2)n1)Nc1ccccc1SC(F)F. The molecular weight excluding hydrogens is 420 g/mol. The van der Waals surface area contributed by atoms with Gasteiger partial charge in [0.1, 0.15) is 5.01 Å². The van der Waals surface area contributed by atoms with Crippen molar-refractivity contribution in [3.63, 3.8) is 0 Å². The van der Waals surface area contributed by atoms with Gasteiger partial charge in [-0.2, -0.15) is 8.78 Å². The number of hydrogen-bond donors (Lipinski definition) is 1. The minimum absolute atomic E-state index is 0.0889. The largest absolute Gasteiger partial charge is 0.455 e. The second-order valence-corrected chi connectivity index (χ2v) is 7.51. The minimum Gasteiger partial charge on any atom is -0.455 e. The highest BCUT2D eigenvalue weighted by atomic mass is 32.2. The Labute approximate surface area is 173 Å². The molecule has 0 saturated heterocycles. The minimum atomic E-state index is -2.61. The lowest BCUT2D eigenvalue weighted by molar-refractivity contribution is -0.146. The molecule has 0 spiro atoms. The summed E-state index contributed by atoms with van der Waals surface area (Å²) in [6.45, 7) is -0.524. The van der Waals surface area contributed by atoms with E-state index in [2.05, 4.69) is 15.3 Å². The van der Waals surface area contributed by atoms with E-state index in [0.717, 1.165) is 0 Å². The maximum atomic E-state index is 12.6. The highest BCUT2D eigenvalue weighted by Gasteiger charge is 2.15. The van der Waals surface area contributed by atoms with Crippen LogP contribution in [0.15, 0.2) is 58.9 Å². The first-order valence-electron chi connectivity index (χ1n) is 8.36. The lowest BCUT2D eigenvalue weighted by Crippen LogP contribution is -2.22. The highest BCUT2D eigenvalue weighted by Crippen LogP contribution is 2.31. The van der Waals surface area contributed by atoms with Crippen molar-refractivity contribution in [2.75, 3.05) is 11.9 Å². The number of thiazole rings is 1. The highest BCUT2D eigenvalue weighted by molar-refractivity contribution is 7.99. The fraction of sp³-hybridized carbons (Fsp3) is 0.158. The van der Waals surface area contributed by atoms with Crippen molar-refractivity contribution in [3.05, 3.63) is 59.7 Å². The molecule has 0 fully saturated rings. The van der Waals surface area contributed by atoms with Gasteiger partial charge in [-0.3, -0.25) is 14.6 Å². The summed E-state index contributed by atoms with van der Waals surface area (Å²) in [6.07, 6.45) is 1.57. The van der Waals surface area contributed by atoms with E-state index in [1.54, 1.807) is 29.8 Å². The Hall–Kier alpha value is -2.85. The maximum Gasteiger partial charge on any atom is 0.312 e. The zero-order chi connectivity index (χ0) is 20.6. The van der Waals surface area contributed by atoms with E-state index in [9.17, 15) is 18.4 Å². The Kier molecular flexibility index (Phi) is 7.25. The number of hydrogen-bond acceptors (Lipinski definition) is 7. The van der Waals surface area contributed by atoms with E-state index in [1.165, 1.54) is 23.5 Å². The molecule has 1 aromatic carbocycles. The zero-order valence-corrected chi connectivity index (χ0v) is 16.5. The number of carbonyl (C=O) groups excluding carboxylic acids is 2. The summed E-state index contributed by atoms with van der Waals surface area (Å²) in [4.78, 5) is 32.7. The molecule has 3 rings (SSSR count). The normalized spacial score (nSPS) is 10.7. The van der Waals surface area contributed by atoms with Crippen LogP contribution in [0.5, 0.6) is 0 Å². The zero-order valence-electron chi connectivity index (χ0n) is 14.9. The van der Waals surface area contributed by atoms with E-state index in [-0.39, 0.29) is 17.0 Å². The molecule has 0 radical (unpaired) electrons. The van der Waals surface area contributed by atoms with Crippen LogP contribution >= 0.6 is 23.1 Å². The summed E-state index contributed by atoms with van der Waals surface area (Å²) in [6, 6.07) is 11.6. The molecule has 1 N–H and O–H groups in total. The number of para-hydroxylation sites is 1. The number of benzene rings is 1. The fourth-order valence-electron chi connectivity index (χ4n) is 2.29. The molecule has 1 amide bonds. The molecule has 3 aromatic rings.